The number of aliphatic hydroxyl groups excluding tert-OH is 3. The van der Waals surface area contributed by atoms with Crippen LogP contribution in [0.3, 0.4) is 0 Å². The van der Waals surface area contributed by atoms with Gasteiger partial charge in [-0.05, 0) is 0 Å². The lowest BCUT2D eigenvalue weighted by Gasteiger charge is -2.25. The number of hydrogen-bond acceptors (Lipinski definition) is 16. The van der Waals surface area contributed by atoms with Crippen molar-refractivity contribution in [2.75, 3.05) is 24.7 Å². The minimum Gasteiger partial charge on any atom is -0.394 e. The van der Waals surface area contributed by atoms with E-state index in [0.29, 0.717) is 0 Å². The second-order valence-corrected chi connectivity index (χ2v) is 12.3. The SMILES string of the molecule is Nc1nc2c(ncn2[C@@H]2O[C@H](CO)C(O)[C@@H]2OP(=O)(S)OC[C@H]2O[C@@H](n3cnc4c(N)ncnc43)[C@@H](F)C2O)c(=O)[nH]1. The fraction of sp³-hybridized carbons (Fsp3) is 0.500. The van der Waals surface area contributed by atoms with Crippen LogP contribution in [0.25, 0.3) is 22.3 Å². The maximum absolute atomic E-state index is 15.1. The molecule has 0 aromatic carbocycles. The number of rotatable bonds is 8. The highest BCUT2D eigenvalue weighted by atomic mass is 32.7. The van der Waals surface area contributed by atoms with Crippen LogP contribution in [-0.4, -0.2) is 104 Å². The molecule has 3 unspecified atom stereocenters. The van der Waals surface area contributed by atoms with Crippen molar-refractivity contribution >= 4 is 53.1 Å². The number of hydrogen-bond donors (Lipinski definition) is 7. The van der Waals surface area contributed by atoms with Crippen LogP contribution in [0.15, 0.2) is 23.8 Å². The van der Waals surface area contributed by atoms with Gasteiger partial charge in [0.05, 0.1) is 25.9 Å². The summed E-state index contributed by atoms with van der Waals surface area (Å²) in [5, 5.41) is 30.9. The molecule has 6 rings (SSSR count). The van der Waals surface area contributed by atoms with Crippen molar-refractivity contribution in [2.24, 2.45) is 0 Å². The maximum atomic E-state index is 15.1. The van der Waals surface area contributed by atoms with Crippen LogP contribution in [0.5, 0.6) is 0 Å². The van der Waals surface area contributed by atoms with Crippen LogP contribution in [0.2, 0.25) is 0 Å². The summed E-state index contributed by atoms with van der Waals surface area (Å²) >= 11 is 3.96. The maximum Gasteiger partial charge on any atom is 0.386 e. The number of anilines is 2. The number of aliphatic hydroxyl groups is 3. The van der Waals surface area contributed by atoms with Crippen molar-refractivity contribution in [3.8, 4) is 0 Å². The summed E-state index contributed by atoms with van der Waals surface area (Å²) in [5.74, 6) is -0.165. The highest BCUT2D eigenvalue weighted by molar-refractivity contribution is 8.44. The number of ether oxygens (including phenoxy) is 2. The van der Waals surface area contributed by atoms with Gasteiger partial charge in [0, 0.05) is 0 Å². The Morgan fingerprint density at radius 2 is 1.74 bits per heavy atom. The Kier molecular flexibility index (Phi) is 7.40. The van der Waals surface area contributed by atoms with Crippen molar-refractivity contribution < 1.29 is 42.8 Å². The quantitative estimate of drug-likeness (QED) is 0.0854. The molecule has 8 N–H and O–H groups in total. The van der Waals surface area contributed by atoms with Crippen molar-refractivity contribution in [1.29, 1.82) is 0 Å². The molecule has 22 heteroatoms. The molecular formula is C20H24FN10O9PS. The van der Waals surface area contributed by atoms with Gasteiger partial charge < -0.3 is 36.3 Å². The second kappa shape index (κ2) is 10.8. The van der Waals surface area contributed by atoms with E-state index in [2.05, 4.69) is 42.2 Å². The van der Waals surface area contributed by atoms with Gasteiger partial charge in [0.2, 0.25) is 5.95 Å². The van der Waals surface area contributed by atoms with Gasteiger partial charge in [0.15, 0.2) is 41.3 Å². The Morgan fingerprint density at radius 3 is 2.48 bits per heavy atom. The first-order valence-electron chi connectivity index (χ1n) is 12.2. The Morgan fingerprint density at radius 1 is 1.05 bits per heavy atom. The fourth-order valence-electron chi connectivity index (χ4n) is 4.81. The molecule has 2 saturated heterocycles. The molecular weight excluding hydrogens is 606 g/mol. The zero-order valence-corrected chi connectivity index (χ0v) is 22.9. The number of alkyl halides is 1. The summed E-state index contributed by atoms with van der Waals surface area (Å²) < 4.78 is 52.9. The minimum absolute atomic E-state index is 0.0443. The van der Waals surface area contributed by atoms with E-state index in [4.69, 9.17) is 30.0 Å². The molecule has 4 aromatic rings. The molecule has 0 amide bonds. The van der Waals surface area contributed by atoms with E-state index in [0.717, 1.165) is 12.7 Å². The molecule has 19 nitrogen and oxygen atoms in total. The molecule has 4 aromatic heterocycles. The Balaban J connectivity index is 1.19. The molecule has 226 valence electrons. The number of thiol groups is 1. The van der Waals surface area contributed by atoms with Crippen molar-refractivity contribution in [2.45, 2.75) is 49.1 Å². The van der Waals surface area contributed by atoms with Crippen LogP contribution in [0, 0.1) is 0 Å². The molecule has 0 bridgehead atoms. The zero-order chi connectivity index (χ0) is 29.9. The molecule has 0 saturated carbocycles. The number of aromatic nitrogens is 8. The van der Waals surface area contributed by atoms with Crippen LogP contribution in [-0.2, 0) is 23.1 Å². The molecule has 0 radical (unpaired) electrons. The van der Waals surface area contributed by atoms with E-state index in [1.54, 1.807) is 0 Å². The summed E-state index contributed by atoms with van der Waals surface area (Å²) in [6, 6.07) is 0. The summed E-state index contributed by atoms with van der Waals surface area (Å²) in [7, 11) is 0. The van der Waals surface area contributed by atoms with Gasteiger partial charge in [-0.25, -0.2) is 28.9 Å². The molecule has 6 heterocycles. The lowest BCUT2D eigenvalue weighted by molar-refractivity contribution is -0.0534. The third kappa shape index (κ3) is 4.91. The summed E-state index contributed by atoms with van der Waals surface area (Å²) in [6.45, 7) is -5.71. The van der Waals surface area contributed by atoms with Gasteiger partial charge in [-0.2, -0.15) is 4.98 Å². The first-order chi connectivity index (χ1) is 20.0. The smallest absolute Gasteiger partial charge is 0.386 e. The van der Waals surface area contributed by atoms with Crippen molar-refractivity contribution in [3.63, 3.8) is 0 Å². The molecule has 2 aliphatic heterocycles. The number of nitrogens with one attached hydrogen (secondary N) is 1. The second-order valence-electron chi connectivity index (χ2n) is 9.43. The molecule has 0 aliphatic carbocycles. The van der Waals surface area contributed by atoms with E-state index in [-0.39, 0.29) is 34.1 Å². The minimum atomic E-state index is -4.40. The Labute approximate surface area is 238 Å². The lowest BCUT2D eigenvalue weighted by Crippen LogP contribution is -2.35. The van der Waals surface area contributed by atoms with Gasteiger partial charge in [0.1, 0.15) is 42.4 Å². The lowest BCUT2D eigenvalue weighted by atomic mass is 10.1. The number of aromatic amines is 1. The van der Waals surface area contributed by atoms with Crippen LogP contribution < -0.4 is 17.0 Å². The molecule has 2 fully saturated rings. The zero-order valence-electron chi connectivity index (χ0n) is 21.1. The van der Waals surface area contributed by atoms with E-state index in [1.807, 2.05) is 0 Å². The van der Waals surface area contributed by atoms with Crippen LogP contribution in [0.1, 0.15) is 12.5 Å². The number of nitrogens with two attached hydrogens (primary N) is 2. The number of nitrogen functional groups attached to an aromatic ring is 2. The van der Waals surface area contributed by atoms with Crippen molar-refractivity contribution in [3.05, 3.63) is 29.3 Å². The van der Waals surface area contributed by atoms with Crippen molar-refractivity contribution in [1.82, 2.24) is 39.0 Å². The Hall–Kier alpha value is -3.27. The molecule has 2 aliphatic rings. The first-order valence-corrected chi connectivity index (χ1v) is 14.9. The van der Waals surface area contributed by atoms with E-state index in [9.17, 15) is 24.7 Å². The number of H-pyrrole nitrogens is 1. The van der Waals surface area contributed by atoms with E-state index in [1.165, 1.54) is 15.5 Å². The van der Waals surface area contributed by atoms with Gasteiger partial charge in [-0.3, -0.25) is 28.0 Å². The summed E-state index contributed by atoms with van der Waals surface area (Å²) in [6.07, 6.45) is -8.45. The molecule has 9 atom stereocenters. The average molecular weight is 631 g/mol. The first kappa shape index (κ1) is 28.8. The van der Waals surface area contributed by atoms with E-state index < -0.39 is 74.7 Å². The topological polar surface area (TPSA) is 274 Å². The largest absolute Gasteiger partial charge is 0.394 e. The van der Waals surface area contributed by atoms with Gasteiger partial charge in [0.25, 0.3) is 5.56 Å². The fourth-order valence-corrected chi connectivity index (χ4v) is 6.27. The average Bonchev–Trinajstić information content (AvgIpc) is 3.69. The summed E-state index contributed by atoms with van der Waals surface area (Å²) in [4.78, 5) is 34.4. The standard InChI is InChI=1S/C20H24FN10O9PS/c21-8-11(33)7(39-18(8)30-4-26-9-14(22)24-3-25-15(9)30)2-37-41(36,42)40-13-12(34)6(1-32)38-19(13)31-5-27-10-16(31)28-20(23)29-17(10)35/h3-8,11-13,18-19,32-34H,1-2H2,(H,36,42)(H2,22,24,25)(H3,23,28,29,35)/t6-,7-,8+,11?,12?,13+,18-,19-,41?/m1/s1. The van der Waals surface area contributed by atoms with Gasteiger partial charge >= 0.3 is 6.80 Å². The predicted octanol–water partition coefficient (Wildman–Crippen LogP) is -1.59. The van der Waals surface area contributed by atoms with Crippen LogP contribution >= 0.6 is 19.0 Å². The van der Waals surface area contributed by atoms with Gasteiger partial charge in [-0.15, -0.1) is 0 Å². The normalized spacial score (nSPS) is 31.3. The number of fused-ring (bicyclic) bond motifs is 2. The predicted molar refractivity (Wildman–Crippen MR) is 142 cm³/mol. The van der Waals surface area contributed by atoms with Gasteiger partial charge in [-0.1, -0.05) is 12.2 Å². The third-order valence-corrected chi connectivity index (χ3v) is 8.44. The molecule has 0 spiro atoms. The number of nitrogens with zero attached hydrogens (tertiary/aromatic N) is 7. The third-order valence-electron chi connectivity index (χ3n) is 6.83. The highest BCUT2D eigenvalue weighted by Gasteiger charge is 2.50. The van der Waals surface area contributed by atoms with E-state index >= 15 is 4.39 Å². The monoisotopic (exact) mass is 630 g/mol. The Bertz CT molecular complexity index is 1740. The number of halogens is 1. The molecule has 42 heavy (non-hydrogen) atoms. The number of imidazole rings is 2. The highest BCUT2D eigenvalue weighted by Crippen LogP contribution is 2.57. The van der Waals surface area contributed by atoms with Crippen LogP contribution in [0.4, 0.5) is 16.2 Å². The summed E-state index contributed by atoms with van der Waals surface area (Å²) in [5.41, 5.74) is 11.0.